The van der Waals surface area contributed by atoms with Gasteiger partial charge in [-0.2, -0.15) is 0 Å². The summed E-state index contributed by atoms with van der Waals surface area (Å²) in [6.07, 6.45) is 0. The van der Waals surface area contributed by atoms with E-state index in [0.29, 0.717) is 5.57 Å². The molecule has 2 aromatic carbocycles. The summed E-state index contributed by atoms with van der Waals surface area (Å²) in [6, 6.07) is 14.2. The molecular weight excluding hydrogens is 314 g/mol. The van der Waals surface area contributed by atoms with Crippen molar-refractivity contribution < 1.29 is 14.7 Å². The van der Waals surface area contributed by atoms with Crippen molar-refractivity contribution in [3.05, 3.63) is 64.9 Å². The molecule has 3 rings (SSSR count). The topological polar surface area (TPSA) is 49.8 Å². The monoisotopic (exact) mass is 337 g/mol. The molecule has 4 heteroatoms. The van der Waals surface area contributed by atoms with Crippen LogP contribution in [0.5, 0.6) is 0 Å². The Balaban J connectivity index is 2.16. The molecule has 0 aliphatic carbocycles. The predicted octanol–water partition coefficient (Wildman–Crippen LogP) is 4.42. The van der Waals surface area contributed by atoms with Gasteiger partial charge in [-0.1, -0.05) is 42.5 Å². The minimum atomic E-state index is -0.891. The van der Waals surface area contributed by atoms with Crippen LogP contribution in [0.4, 0.5) is 0 Å². The first-order valence-corrected chi connectivity index (χ1v) is 8.28. The average molecular weight is 337 g/mol. The number of aryl methyl sites for hydroxylation is 2. The fourth-order valence-electron chi connectivity index (χ4n) is 3.55. The highest BCUT2D eigenvalue weighted by Crippen LogP contribution is 2.41. The van der Waals surface area contributed by atoms with Crippen molar-refractivity contribution in [1.29, 1.82) is 0 Å². The number of hydroxylamine groups is 2. The van der Waals surface area contributed by atoms with E-state index in [-0.39, 0.29) is 11.7 Å². The zero-order valence-electron chi connectivity index (χ0n) is 15.3. The van der Waals surface area contributed by atoms with Gasteiger partial charge in [-0.3, -0.25) is 9.63 Å². The van der Waals surface area contributed by atoms with Gasteiger partial charge in [0.05, 0.1) is 12.7 Å². The molecule has 0 spiro atoms. The summed E-state index contributed by atoms with van der Waals surface area (Å²) in [4.78, 5) is 18.0. The lowest BCUT2D eigenvalue weighted by atomic mass is 9.90. The third-order valence-corrected chi connectivity index (χ3v) is 4.79. The first-order valence-electron chi connectivity index (χ1n) is 8.28. The van der Waals surface area contributed by atoms with E-state index in [9.17, 15) is 9.90 Å². The summed E-state index contributed by atoms with van der Waals surface area (Å²) in [6.45, 7) is 7.45. The van der Waals surface area contributed by atoms with Gasteiger partial charge in [0, 0.05) is 0 Å². The lowest BCUT2D eigenvalue weighted by molar-refractivity contribution is -0.189. The Bertz CT molecular complexity index is 843. The first kappa shape index (κ1) is 17.2. The molecule has 0 fully saturated rings. The van der Waals surface area contributed by atoms with E-state index in [1.807, 2.05) is 44.2 Å². The number of hydrogen-bond donors (Lipinski definition) is 1. The van der Waals surface area contributed by atoms with Crippen LogP contribution in [0.1, 0.15) is 30.5 Å². The fraction of sp³-hybridized carbons (Fsp3) is 0.286. The van der Waals surface area contributed by atoms with E-state index >= 15 is 0 Å². The zero-order valence-corrected chi connectivity index (χ0v) is 15.3. The van der Waals surface area contributed by atoms with E-state index in [4.69, 9.17) is 4.84 Å². The number of carbonyl (C=O) groups is 1. The van der Waals surface area contributed by atoms with Crippen LogP contribution in [-0.2, 0) is 9.63 Å². The standard InChI is InChI=1S/C21H23NO3/c1-13-11-16(15-9-7-6-8-10-15)12-14(2)17(13)18-19(23)21(3,4)22(25-5)20(18)24/h6-12,23H,1-5H3. The Morgan fingerprint density at radius 3 is 2.04 bits per heavy atom. The molecule has 0 radical (unpaired) electrons. The van der Waals surface area contributed by atoms with Gasteiger partial charge in [-0.25, -0.2) is 5.06 Å². The van der Waals surface area contributed by atoms with Crippen molar-refractivity contribution in [2.75, 3.05) is 7.11 Å². The Morgan fingerprint density at radius 1 is 1.00 bits per heavy atom. The van der Waals surface area contributed by atoms with Gasteiger partial charge in [0.25, 0.3) is 5.91 Å². The highest BCUT2D eigenvalue weighted by Gasteiger charge is 2.47. The number of benzene rings is 2. The zero-order chi connectivity index (χ0) is 18.4. The highest BCUT2D eigenvalue weighted by atomic mass is 16.7. The Hall–Kier alpha value is -2.59. The van der Waals surface area contributed by atoms with Crippen molar-refractivity contribution in [2.24, 2.45) is 0 Å². The van der Waals surface area contributed by atoms with Crippen LogP contribution in [0, 0.1) is 13.8 Å². The largest absolute Gasteiger partial charge is 0.509 e. The fourth-order valence-corrected chi connectivity index (χ4v) is 3.55. The number of aliphatic hydroxyl groups excluding tert-OH is 1. The van der Waals surface area contributed by atoms with Gasteiger partial charge in [0.15, 0.2) is 0 Å². The number of rotatable bonds is 3. The normalized spacial score (nSPS) is 16.7. The number of nitrogens with zero attached hydrogens (tertiary/aromatic N) is 1. The van der Waals surface area contributed by atoms with Gasteiger partial charge in [-0.05, 0) is 55.5 Å². The second-order valence-electron chi connectivity index (χ2n) is 6.92. The number of hydrogen-bond acceptors (Lipinski definition) is 3. The minimum Gasteiger partial charge on any atom is -0.509 e. The molecule has 4 nitrogen and oxygen atoms in total. The van der Waals surface area contributed by atoms with Crippen LogP contribution in [-0.4, -0.2) is 28.7 Å². The molecule has 0 saturated heterocycles. The maximum absolute atomic E-state index is 12.8. The molecule has 1 amide bonds. The minimum absolute atomic E-state index is 0.0398. The van der Waals surface area contributed by atoms with E-state index in [2.05, 4.69) is 12.1 Å². The lowest BCUT2D eigenvalue weighted by Crippen LogP contribution is -2.42. The summed E-state index contributed by atoms with van der Waals surface area (Å²) in [5.74, 6) is -0.276. The van der Waals surface area contributed by atoms with Gasteiger partial charge < -0.3 is 5.11 Å². The Kier molecular flexibility index (Phi) is 4.17. The highest BCUT2D eigenvalue weighted by molar-refractivity contribution is 6.23. The molecule has 1 heterocycles. The molecule has 0 bridgehead atoms. The van der Waals surface area contributed by atoms with Crippen LogP contribution in [0.2, 0.25) is 0 Å². The summed E-state index contributed by atoms with van der Waals surface area (Å²) in [5, 5.41) is 11.9. The molecule has 2 aromatic rings. The second kappa shape index (κ2) is 6.05. The molecule has 0 saturated carbocycles. The van der Waals surface area contributed by atoms with Crippen LogP contribution in [0.3, 0.4) is 0 Å². The Morgan fingerprint density at radius 2 is 1.56 bits per heavy atom. The SMILES string of the molecule is CON1C(=O)C(c2c(C)cc(-c3ccccc3)cc2C)=C(O)C1(C)C. The summed E-state index contributed by atoms with van der Waals surface area (Å²) in [5.41, 5.74) is 4.31. The Labute approximate surface area is 148 Å². The van der Waals surface area contributed by atoms with E-state index in [1.165, 1.54) is 12.2 Å². The molecular formula is C21H23NO3. The first-order chi connectivity index (χ1) is 11.8. The maximum atomic E-state index is 12.8. The van der Waals surface area contributed by atoms with Gasteiger partial charge >= 0.3 is 0 Å². The second-order valence-corrected chi connectivity index (χ2v) is 6.92. The van der Waals surface area contributed by atoms with E-state index in [0.717, 1.165) is 27.8 Å². The molecule has 25 heavy (non-hydrogen) atoms. The average Bonchev–Trinajstić information content (AvgIpc) is 2.74. The van der Waals surface area contributed by atoms with Crippen molar-refractivity contribution in [1.82, 2.24) is 5.06 Å². The van der Waals surface area contributed by atoms with Crippen molar-refractivity contribution in [3.8, 4) is 11.1 Å². The lowest BCUT2D eigenvalue weighted by Gasteiger charge is -2.28. The van der Waals surface area contributed by atoms with Crippen molar-refractivity contribution in [3.63, 3.8) is 0 Å². The summed E-state index contributed by atoms with van der Waals surface area (Å²) in [7, 11) is 1.44. The molecule has 130 valence electrons. The van der Waals surface area contributed by atoms with Crippen LogP contribution in [0.25, 0.3) is 16.7 Å². The predicted molar refractivity (Wildman–Crippen MR) is 98.8 cm³/mol. The molecule has 1 aliphatic rings. The quantitative estimate of drug-likeness (QED) is 0.902. The molecule has 0 unspecified atom stereocenters. The van der Waals surface area contributed by atoms with Gasteiger partial charge in [0.2, 0.25) is 0 Å². The van der Waals surface area contributed by atoms with Gasteiger partial charge in [-0.15, -0.1) is 0 Å². The molecule has 1 aliphatic heterocycles. The summed E-state index contributed by atoms with van der Waals surface area (Å²) >= 11 is 0. The van der Waals surface area contributed by atoms with Gasteiger partial charge in [0.1, 0.15) is 11.3 Å². The van der Waals surface area contributed by atoms with Crippen LogP contribution >= 0.6 is 0 Å². The third kappa shape index (κ3) is 2.63. The van der Waals surface area contributed by atoms with Crippen LogP contribution < -0.4 is 0 Å². The number of aliphatic hydroxyl groups is 1. The molecule has 0 atom stereocenters. The van der Waals surface area contributed by atoms with E-state index in [1.54, 1.807) is 13.8 Å². The van der Waals surface area contributed by atoms with Crippen molar-refractivity contribution >= 4 is 11.5 Å². The molecule has 1 N–H and O–H groups in total. The number of amides is 1. The smallest absolute Gasteiger partial charge is 0.282 e. The summed E-state index contributed by atoms with van der Waals surface area (Å²) < 4.78 is 0. The van der Waals surface area contributed by atoms with Crippen molar-refractivity contribution in [2.45, 2.75) is 33.2 Å². The number of carbonyl (C=O) groups excluding carboxylic acids is 1. The maximum Gasteiger partial charge on any atom is 0.282 e. The third-order valence-electron chi connectivity index (χ3n) is 4.79. The van der Waals surface area contributed by atoms with Crippen LogP contribution in [0.15, 0.2) is 48.2 Å². The van der Waals surface area contributed by atoms with E-state index < -0.39 is 5.54 Å². The molecule has 0 aromatic heterocycles.